The standard InChI is InChI=1S/C20H17FO5/c1-12-16-7-6-15(25-11-13-2-4-14(21)5-3-13)10-18(16)26-20(24)17(12)8-9-19(22)23/h2-7,10H,8-9,11H2,1H3,(H,22,23). The van der Waals surface area contributed by atoms with Crippen molar-refractivity contribution in [3.63, 3.8) is 0 Å². The molecule has 0 atom stereocenters. The maximum Gasteiger partial charge on any atom is 0.339 e. The van der Waals surface area contributed by atoms with Gasteiger partial charge < -0.3 is 14.3 Å². The Morgan fingerprint density at radius 3 is 2.62 bits per heavy atom. The van der Waals surface area contributed by atoms with E-state index >= 15 is 0 Å². The molecule has 0 radical (unpaired) electrons. The second kappa shape index (κ2) is 7.39. The van der Waals surface area contributed by atoms with Gasteiger partial charge >= 0.3 is 11.6 Å². The minimum atomic E-state index is -0.964. The molecule has 0 fully saturated rings. The molecule has 3 rings (SSSR count). The number of rotatable bonds is 6. The number of carbonyl (C=O) groups is 1. The van der Waals surface area contributed by atoms with E-state index in [0.29, 0.717) is 22.5 Å². The first-order valence-corrected chi connectivity index (χ1v) is 8.09. The zero-order valence-electron chi connectivity index (χ0n) is 14.1. The maximum atomic E-state index is 12.9. The highest BCUT2D eigenvalue weighted by Gasteiger charge is 2.13. The molecule has 0 aliphatic heterocycles. The van der Waals surface area contributed by atoms with Crippen molar-refractivity contribution in [2.24, 2.45) is 0 Å². The molecule has 0 unspecified atom stereocenters. The quantitative estimate of drug-likeness (QED) is 0.679. The van der Waals surface area contributed by atoms with Crippen LogP contribution in [0, 0.1) is 12.7 Å². The van der Waals surface area contributed by atoms with Crippen molar-refractivity contribution in [1.29, 1.82) is 0 Å². The lowest BCUT2D eigenvalue weighted by molar-refractivity contribution is -0.136. The van der Waals surface area contributed by atoms with Crippen LogP contribution < -0.4 is 10.4 Å². The van der Waals surface area contributed by atoms with Crippen LogP contribution in [0.1, 0.15) is 23.1 Å². The summed E-state index contributed by atoms with van der Waals surface area (Å²) in [5, 5.41) is 9.54. The van der Waals surface area contributed by atoms with E-state index in [1.54, 1.807) is 37.3 Å². The summed E-state index contributed by atoms with van der Waals surface area (Å²) in [6.45, 7) is 2.03. The lowest BCUT2D eigenvalue weighted by Gasteiger charge is -2.10. The fraction of sp³-hybridized carbons (Fsp3) is 0.200. The van der Waals surface area contributed by atoms with Gasteiger partial charge in [-0.1, -0.05) is 12.1 Å². The van der Waals surface area contributed by atoms with E-state index in [1.165, 1.54) is 12.1 Å². The number of carboxylic acids is 1. The molecular formula is C20H17FO5. The van der Waals surface area contributed by atoms with Crippen molar-refractivity contribution < 1.29 is 23.4 Å². The number of hydrogen-bond acceptors (Lipinski definition) is 4. The molecule has 0 aliphatic carbocycles. The number of ether oxygens (including phenoxy) is 1. The van der Waals surface area contributed by atoms with E-state index in [1.807, 2.05) is 0 Å². The predicted molar refractivity (Wildman–Crippen MR) is 93.9 cm³/mol. The fourth-order valence-electron chi connectivity index (χ4n) is 2.73. The van der Waals surface area contributed by atoms with Crippen molar-refractivity contribution in [1.82, 2.24) is 0 Å². The topological polar surface area (TPSA) is 76.7 Å². The molecule has 0 saturated carbocycles. The van der Waals surface area contributed by atoms with Crippen molar-refractivity contribution >= 4 is 16.9 Å². The smallest absolute Gasteiger partial charge is 0.339 e. The Kier molecular flexibility index (Phi) is 5.02. The second-order valence-electron chi connectivity index (χ2n) is 5.96. The number of fused-ring (bicyclic) bond motifs is 1. The van der Waals surface area contributed by atoms with Crippen molar-refractivity contribution in [3.05, 3.63) is 75.4 Å². The molecule has 5 nitrogen and oxygen atoms in total. The summed E-state index contributed by atoms with van der Waals surface area (Å²) in [5.41, 5.74) is 1.74. The molecule has 1 N–H and O–H groups in total. The van der Waals surface area contributed by atoms with Gasteiger partial charge in [-0.2, -0.15) is 0 Å². The average Bonchev–Trinajstić information content (AvgIpc) is 2.60. The highest BCUT2D eigenvalue weighted by molar-refractivity contribution is 5.82. The number of benzene rings is 2. The van der Waals surface area contributed by atoms with Crippen LogP contribution in [0.5, 0.6) is 5.75 Å². The molecule has 0 aliphatic rings. The van der Waals surface area contributed by atoms with E-state index in [0.717, 1.165) is 10.9 Å². The summed E-state index contributed by atoms with van der Waals surface area (Å²) in [6, 6.07) is 11.1. The van der Waals surface area contributed by atoms with Crippen LogP contribution in [-0.4, -0.2) is 11.1 Å². The zero-order valence-corrected chi connectivity index (χ0v) is 14.1. The van der Waals surface area contributed by atoms with Gasteiger partial charge in [0.2, 0.25) is 0 Å². The molecule has 0 saturated heterocycles. The van der Waals surface area contributed by atoms with Gasteiger partial charge in [0.05, 0.1) is 0 Å². The maximum absolute atomic E-state index is 12.9. The van der Waals surface area contributed by atoms with E-state index in [4.69, 9.17) is 14.3 Å². The molecule has 3 aromatic rings. The normalized spacial score (nSPS) is 10.8. The summed E-state index contributed by atoms with van der Waals surface area (Å²) < 4.78 is 23.9. The molecule has 0 bridgehead atoms. The third-order valence-electron chi connectivity index (χ3n) is 4.17. The third kappa shape index (κ3) is 3.91. The zero-order chi connectivity index (χ0) is 18.7. The summed E-state index contributed by atoms with van der Waals surface area (Å²) in [6.07, 6.45) is -0.00176. The van der Waals surface area contributed by atoms with E-state index in [2.05, 4.69) is 0 Å². The van der Waals surface area contributed by atoms with Crippen LogP contribution in [0.4, 0.5) is 4.39 Å². The summed E-state index contributed by atoms with van der Waals surface area (Å²) in [5.74, 6) is -0.758. The molecule has 2 aromatic carbocycles. The molecule has 134 valence electrons. The lowest BCUT2D eigenvalue weighted by atomic mass is 10.0. The summed E-state index contributed by atoms with van der Waals surface area (Å²) >= 11 is 0. The number of carboxylic acid groups (broad SMARTS) is 1. The Labute approximate surface area is 148 Å². The SMILES string of the molecule is Cc1c(CCC(=O)O)c(=O)oc2cc(OCc3ccc(F)cc3)ccc12. The highest BCUT2D eigenvalue weighted by atomic mass is 19.1. The highest BCUT2D eigenvalue weighted by Crippen LogP contribution is 2.25. The third-order valence-corrected chi connectivity index (χ3v) is 4.17. The molecular weight excluding hydrogens is 339 g/mol. The first-order chi connectivity index (χ1) is 12.4. The summed E-state index contributed by atoms with van der Waals surface area (Å²) in [4.78, 5) is 22.9. The largest absolute Gasteiger partial charge is 0.489 e. The molecule has 26 heavy (non-hydrogen) atoms. The Morgan fingerprint density at radius 2 is 1.92 bits per heavy atom. The van der Waals surface area contributed by atoms with Crippen LogP contribution in [0.2, 0.25) is 0 Å². The lowest BCUT2D eigenvalue weighted by Crippen LogP contribution is -2.12. The second-order valence-corrected chi connectivity index (χ2v) is 5.96. The Bertz CT molecular complexity index is 1010. The van der Waals surface area contributed by atoms with Gasteiger partial charge in [0.1, 0.15) is 23.8 Å². The van der Waals surface area contributed by atoms with Crippen molar-refractivity contribution in [2.45, 2.75) is 26.4 Å². The van der Waals surface area contributed by atoms with Crippen LogP contribution in [0.25, 0.3) is 11.0 Å². The van der Waals surface area contributed by atoms with Crippen LogP contribution in [-0.2, 0) is 17.8 Å². The first-order valence-electron chi connectivity index (χ1n) is 8.09. The first kappa shape index (κ1) is 17.7. The molecule has 1 aromatic heterocycles. The van der Waals surface area contributed by atoms with Crippen molar-refractivity contribution in [2.75, 3.05) is 0 Å². The molecule has 1 heterocycles. The predicted octanol–water partition coefficient (Wildman–Crippen LogP) is 3.84. The van der Waals surface area contributed by atoms with Crippen molar-refractivity contribution in [3.8, 4) is 5.75 Å². The fourth-order valence-corrected chi connectivity index (χ4v) is 2.73. The van der Waals surface area contributed by atoms with Gasteiger partial charge in [0, 0.05) is 23.4 Å². The number of aliphatic carboxylic acids is 1. The van der Waals surface area contributed by atoms with Gasteiger partial charge in [-0.05, 0) is 48.7 Å². The Hall–Kier alpha value is -3.15. The minimum Gasteiger partial charge on any atom is -0.489 e. The molecule has 6 heteroatoms. The summed E-state index contributed by atoms with van der Waals surface area (Å²) in [7, 11) is 0. The van der Waals surface area contributed by atoms with Gasteiger partial charge in [-0.15, -0.1) is 0 Å². The van der Waals surface area contributed by atoms with Crippen LogP contribution in [0.3, 0.4) is 0 Å². The van der Waals surface area contributed by atoms with Gasteiger partial charge in [-0.3, -0.25) is 4.79 Å². The van der Waals surface area contributed by atoms with E-state index < -0.39 is 11.6 Å². The minimum absolute atomic E-state index is 0.127. The van der Waals surface area contributed by atoms with Gasteiger partial charge in [0.25, 0.3) is 0 Å². The average molecular weight is 356 g/mol. The van der Waals surface area contributed by atoms with E-state index in [-0.39, 0.29) is 25.3 Å². The van der Waals surface area contributed by atoms with E-state index in [9.17, 15) is 14.0 Å². The van der Waals surface area contributed by atoms with Gasteiger partial charge in [-0.25, -0.2) is 9.18 Å². The van der Waals surface area contributed by atoms with Crippen LogP contribution >= 0.6 is 0 Å². The number of aryl methyl sites for hydroxylation is 1. The molecule has 0 amide bonds. The Balaban J connectivity index is 1.84. The Morgan fingerprint density at radius 1 is 1.19 bits per heavy atom. The monoisotopic (exact) mass is 356 g/mol. The number of hydrogen-bond donors (Lipinski definition) is 1. The van der Waals surface area contributed by atoms with Crippen LogP contribution in [0.15, 0.2) is 51.7 Å². The molecule has 0 spiro atoms. The van der Waals surface area contributed by atoms with Gasteiger partial charge in [0.15, 0.2) is 0 Å². The number of halogens is 1.